The molecule has 4 nitrogen and oxygen atoms in total. The van der Waals surface area contributed by atoms with Crippen molar-refractivity contribution < 1.29 is 9.50 Å². The van der Waals surface area contributed by atoms with Crippen LogP contribution in [0.25, 0.3) is 27.6 Å². The summed E-state index contributed by atoms with van der Waals surface area (Å²) in [4.78, 5) is 17.3. The number of nitrogens with zero attached hydrogens (tertiary/aromatic N) is 2. The molecule has 0 aliphatic heterocycles. The molecule has 1 fully saturated rings. The van der Waals surface area contributed by atoms with Crippen molar-refractivity contribution in [1.29, 1.82) is 0 Å². The van der Waals surface area contributed by atoms with Gasteiger partial charge in [0.2, 0.25) is 0 Å². The summed E-state index contributed by atoms with van der Waals surface area (Å²) >= 11 is 0. The van der Waals surface area contributed by atoms with Crippen molar-refractivity contribution in [2.75, 3.05) is 0 Å². The van der Waals surface area contributed by atoms with E-state index in [1.165, 1.54) is 10.6 Å². The van der Waals surface area contributed by atoms with E-state index in [0.717, 1.165) is 29.5 Å². The number of hydrogen-bond donors (Lipinski definition) is 1. The van der Waals surface area contributed by atoms with E-state index in [-0.39, 0.29) is 12.0 Å². The number of aliphatic hydroxyl groups excluding tert-OH is 1. The van der Waals surface area contributed by atoms with Gasteiger partial charge in [-0.2, -0.15) is 0 Å². The molecule has 1 saturated carbocycles. The highest BCUT2D eigenvalue weighted by Crippen LogP contribution is 2.41. The number of aliphatic hydroxyl groups is 1. The van der Waals surface area contributed by atoms with Crippen LogP contribution < -0.4 is 5.56 Å². The third-order valence-corrected chi connectivity index (χ3v) is 5.57. The van der Waals surface area contributed by atoms with Gasteiger partial charge in [0.25, 0.3) is 5.56 Å². The molecule has 5 rings (SSSR count). The lowest BCUT2D eigenvalue weighted by Gasteiger charge is -2.16. The SMILES string of the molecule is O=c1c2c(F)cc(C3CC3)cc2ccn1-c1cccc(-c2cccnc2)c1CO. The first-order valence-corrected chi connectivity index (χ1v) is 9.65. The molecule has 29 heavy (non-hydrogen) atoms. The number of pyridine rings is 2. The first-order chi connectivity index (χ1) is 14.2. The first-order valence-electron chi connectivity index (χ1n) is 9.65. The Morgan fingerprint density at radius 3 is 2.72 bits per heavy atom. The molecule has 0 spiro atoms. The third-order valence-electron chi connectivity index (χ3n) is 5.57. The second kappa shape index (κ2) is 6.94. The van der Waals surface area contributed by atoms with Crippen molar-refractivity contribution in [3.8, 4) is 16.8 Å². The van der Waals surface area contributed by atoms with Crippen LogP contribution in [-0.2, 0) is 6.61 Å². The Labute approximate surface area is 166 Å². The van der Waals surface area contributed by atoms with Gasteiger partial charge in [0.15, 0.2) is 0 Å². The van der Waals surface area contributed by atoms with Gasteiger partial charge in [-0.1, -0.05) is 24.3 Å². The summed E-state index contributed by atoms with van der Waals surface area (Å²) in [7, 11) is 0. The van der Waals surface area contributed by atoms with Crippen LogP contribution in [0.4, 0.5) is 4.39 Å². The molecule has 0 saturated heterocycles. The van der Waals surface area contributed by atoms with Crippen LogP contribution in [0.15, 0.2) is 71.9 Å². The fourth-order valence-corrected chi connectivity index (χ4v) is 3.95. The Morgan fingerprint density at radius 1 is 1.14 bits per heavy atom. The van der Waals surface area contributed by atoms with Crippen LogP contribution in [-0.4, -0.2) is 14.7 Å². The van der Waals surface area contributed by atoms with Gasteiger partial charge in [0, 0.05) is 29.7 Å². The van der Waals surface area contributed by atoms with Gasteiger partial charge in [-0.3, -0.25) is 14.3 Å². The average molecular weight is 386 g/mol. The molecule has 0 unspecified atom stereocenters. The molecule has 1 aliphatic carbocycles. The van der Waals surface area contributed by atoms with Crippen molar-refractivity contribution in [2.24, 2.45) is 0 Å². The number of hydrogen-bond acceptors (Lipinski definition) is 3. The lowest BCUT2D eigenvalue weighted by molar-refractivity contribution is 0.282. The van der Waals surface area contributed by atoms with Crippen LogP contribution in [0.2, 0.25) is 0 Å². The molecule has 144 valence electrons. The lowest BCUT2D eigenvalue weighted by Crippen LogP contribution is -2.20. The quantitative estimate of drug-likeness (QED) is 0.559. The van der Waals surface area contributed by atoms with E-state index < -0.39 is 11.4 Å². The van der Waals surface area contributed by atoms with E-state index in [9.17, 15) is 14.3 Å². The summed E-state index contributed by atoms with van der Waals surface area (Å²) in [6, 6.07) is 14.3. The van der Waals surface area contributed by atoms with Gasteiger partial charge < -0.3 is 5.11 Å². The Hall–Kier alpha value is -3.31. The number of benzene rings is 2. The van der Waals surface area contributed by atoms with Gasteiger partial charge in [-0.05, 0) is 59.5 Å². The van der Waals surface area contributed by atoms with Crippen LogP contribution in [0, 0.1) is 5.82 Å². The molecule has 5 heteroatoms. The number of halogens is 1. The van der Waals surface area contributed by atoms with Crippen LogP contribution in [0.3, 0.4) is 0 Å². The maximum atomic E-state index is 14.8. The standard InChI is InChI=1S/C24H19FN2O2/c25-21-12-18(15-6-7-15)11-16-8-10-27(24(29)23(16)21)22-5-1-4-19(20(22)14-28)17-3-2-9-26-13-17/h1-5,8-13,15,28H,6-7,14H2. The third kappa shape index (κ3) is 3.04. The van der Waals surface area contributed by atoms with Gasteiger partial charge in [0.05, 0.1) is 17.7 Å². The maximum absolute atomic E-state index is 14.8. The van der Waals surface area contributed by atoms with E-state index in [1.807, 2.05) is 30.3 Å². The number of aromatic nitrogens is 2. The predicted octanol–water partition coefficient (Wildman–Crippen LogP) is 4.56. The summed E-state index contributed by atoms with van der Waals surface area (Å²) in [5.41, 5.74) is 3.28. The van der Waals surface area contributed by atoms with Crippen molar-refractivity contribution in [2.45, 2.75) is 25.4 Å². The van der Waals surface area contributed by atoms with Crippen molar-refractivity contribution in [3.63, 3.8) is 0 Å². The van der Waals surface area contributed by atoms with Gasteiger partial charge in [-0.15, -0.1) is 0 Å². The minimum Gasteiger partial charge on any atom is -0.392 e. The average Bonchev–Trinajstić information content (AvgIpc) is 3.59. The number of rotatable bonds is 4. The Kier molecular flexibility index (Phi) is 4.25. The molecular weight excluding hydrogens is 367 g/mol. The molecule has 0 amide bonds. The van der Waals surface area contributed by atoms with Gasteiger partial charge in [-0.25, -0.2) is 4.39 Å². The Bertz CT molecular complexity index is 1280. The highest BCUT2D eigenvalue weighted by molar-refractivity contribution is 5.83. The molecular formula is C24H19FN2O2. The zero-order valence-corrected chi connectivity index (χ0v) is 15.7. The van der Waals surface area contributed by atoms with E-state index >= 15 is 0 Å². The fourth-order valence-electron chi connectivity index (χ4n) is 3.95. The van der Waals surface area contributed by atoms with Gasteiger partial charge in [0.1, 0.15) is 5.82 Å². The Balaban J connectivity index is 1.72. The van der Waals surface area contributed by atoms with Gasteiger partial charge >= 0.3 is 0 Å². The zero-order chi connectivity index (χ0) is 20.0. The molecule has 0 bridgehead atoms. The molecule has 4 aromatic rings. The normalized spacial score (nSPS) is 13.7. The lowest BCUT2D eigenvalue weighted by atomic mass is 9.99. The van der Waals surface area contributed by atoms with E-state index in [4.69, 9.17) is 0 Å². The summed E-state index contributed by atoms with van der Waals surface area (Å²) in [5.74, 6) is -0.0776. The summed E-state index contributed by atoms with van der Waals surface area (Å²) in [6.07, 6.45) is 7.19. The zero-order valence-electron chi connectivity index (χ0n) is 15.7. The predicted molar refractivity (Wildman–Crippen MR) is 111 cm³/mol. The highest BCUT2D eigenvalue weighted by Gasteiger charge is 2.25. The van der Waals surface area contributed by atoms with E-state index in [0.29, 0.717) is 22.6 Å². The number of fused-ring (bicyclic) bond motifs is 1. The van der Waals surface area contributed by atoms with Crippen LogP contribution in [0.5, 0.6) is 0 Å². The highest BCUT2D eigenvalue weighted by atomic mass is 19.1. The summed E-state index contributed by atoms with van der Waals surface area (Å²) in [5, 5.41) is 10.8. The molecule has 2 aromatic carbocycles. The van der Waals surface area contributed by atoms with Crippen LogP contribution >= 0.6 is 0 Å². The largest absolute Gasteiger partial charge is 0.392 e. The molecule has 2 heterocycles. The fraction of sp³-hybridized carbons (Fsp3) is 0.167. The maximum Gasteiger partial charge on any atom is 0.265 e. The minimum absolute atomic E-state index is 0.0765. The molecule has 1 aliphatic rings. The first kappa shape index (κ1) is 17.8. The van der Waals surface area contributed by atoms with Crippen LogP contribution in [0.1, 0.15) is 29.9 Å². The molecule has 0 radical (unpaired) electrons. The van der Waals surface area contributed by atoms with E-state index in [2.05, 4.69) is 4.98 Å². The molecule has 2 aromatic heterocycles. The second-order valence-electron chi connectivity index (χ2n) is 7.44. The summed E-state index contributed by atoms with van der Waals surface area (Å²) in [6.45, 7) is -0.256. The van der Waals surface area contributed by atoms with Crippen molar-refractivity contribution in [3.05, 3.63) is 94.4 Å². The van der Waals surface area contributed by atoms with Crippen molar-refractivity contribution >= 4 is 10.8 Å². The van der Waals surface area contributed by atoms with Crippen molar-refractivity contribution in [1.82, 2.24) is 9.55 Å². The van der Waals surface area contributed by atoms with E-state index in [1.54, 1.807) is 30.7 Å². The Morgan fingerprint density at radius 2 is 2.00 bits per heavy atom. The molecule has 0 atom stereocenters. The smallest absolute Gasteiger partial charge is 0.265 e. The topological polar surface area (TPSA) is 55.1 Å². The second-order valence-corrected chi connectivity index (χ2v) is 7.44. The monoisotopic (exact) mass is 386 g/mol. The summed E-state index contributed by atoms with van der Waals surface area (Å²) < 4.78 is 16.3. The molecule has 1 N–H and O–H groups in total. The minimum atomic E-state index is -0.488.